The van der Waals surface area contributed by atoms with Crippen molar-refractivity contribution in [3.8, 4) is 29.1 Å². The van der Waals surface area contributed by atoms with Crippen LogP contribution in [-0.4, -0.2) is 17.6 Å². The van der Waals surface area contributed by atoms with Crippen LogP contribution in [0.15, 0.2) is 115 Å². The Bertz CT molecular complexity index is 1900. The normalized spacial score (nSPS) is 13.9. The van der Waals surface area contributed by atoms with Gasteiger partial charge in [0.25, 0.3) is 0 Å². The maximum Gasteiger partial charge on any atom is 0.343 e. The maximum atomic E-state index is 13.0. The van der Waals surface area contributed by atoms with Crippen molar-refractivity contribution >= 4 is 16.9 Å². The minimum absolute atomic E-state index is 0.0205. The van der Waals surface area contributed by atoms with Crippen LogP contribution in [0.5, 0.6) is 23.0 Å². The third-order valence-electron chi connectivity index (χ3n) is 7.08. The third-order valence-corrected chi connectivity index (χ3v) is 7.08. The summed E-state index contributed by atoms with van der Waals surface area (Å²) in [6.07, 6.45) is 1.70. The Morgan fingerprint density at radius 3 is 2.63 bits per heavy atom. The molecule has 1 unspecified atom stereocenters. The second-order valence-corrected chi connectivity index (χ2v) is 9.84. The summed E-state index contributed by atoms with van der Waals surface area (Å²) in [5.41, 5.74) is 10.2. The van der Waals surface area contributed by atoms with Crippen LogP contribution in [0.1, 0.15) is 39.9 Å². The van der Waals surface area contributed by atoms with Gasteiger partial charge >= 0.3 is 5.97 Å². The van der Waals surface area contributed by atoms with Gasteiger partial charge in [0.05, 0.1) is 23.6 Å². The molecule has 0 saturated carbocycles. The van der Waals surface area contributed by atoms with E-state index < -0.39 is 11.9 Å². The fourth-order valence-corrected chi connectivity index (χ4v) is 5.04. The van der Waals surface area contributed by atoms with Crippen molar-refractivity contribution in [2.24, 2.45) is 5.73 Å². The molecule has 1 aliphatic rings. The highest BCUT2D eigenvalue weighted by Crippen LogP contribution is 2.45. The Kier molecular flexibility index (Phi) is 7.62. The smallest absolute Gasteiger partial charge is 0.343 e. The predicted octanol–water partition coefficient (Wildman–Crippen LogP) is 6.65. The van der Waals surface area contributed by atoms with E-state index in [0.29, 0.717) is 41.6 Å². The lowest BCUT2D eigenvalue weighted by Crippen LogP contribution is -2.21. The van der Waals surface area contributed by atoms with Crippen LogP contribution >= 0.6 is 0 Å². The molecule has 8 nitrogen and oxygen atoms in total. The van der Waals surface area contributed by atoms with Gasteiger partial charge in [0.2, 0.25) is 5.88 Å². The largest absolute Gasteiger partial charge is 0.490 e. The van der Waals surface area contributed by atoms with E-state index in [1.165, 1.54) is 0 Å². The van der Waals surface area contributed by atoms with Gasteiger partial charge in [-0.3, -0.25) is 4.98 Å². The summed E-state index contributed by atoms with van der Waals surface area (Å²) < 4.78 is 23.5. The molecule has 0 bridgehead atoms. The summed E-state index contributed by atoms with van der Waals surface area (Å²) in [7, 11) is 0. The van der Waals surface area contributed by atoms with E-state index in [2.05, 4.69) is 11.1 Å². The van der Waals surface area contributed by atoms with Gasteiger partial charge in [-0.25, -0.2) is 4.79 Å². The molecule has 1 aliphatic heterocycles. The highest BCUT2D eigenvalue weighted by atomic mass is 16.5. The Balaban J connectivity index is 1.29. The van der Waals surface area contributed by atoms with Crippen LogP contribution in [0.25, 0.3) is 10.9 Å². The highest BCUT2D eigenvalue weighted by Gasteiger charge is 2.32. The second-order valence-electron chi connectivity index (χ2n) is 9.84. The zero-order valence-corrected chi connectivity index (χ0v) is 23.3. The van der Waals surface area contributed by atoms with Crippen LogP contribution in [0.4, 0.5) is 0 Å². The molecular formula is C35H27N3O5. The van der Waals surface area contributed by atoms with E-state index in [4.69, 9.17) is 24.7 Å². The molecule has 0 spiro atoms. The van der Waals surface area contributed by atoms with Gasteiger partial charge in [0.15, 0.2) is 11.5 Å². The number of benzene rings is 4. The summed E-state index contributed by atoms with van der Waals surface area (Å²) in [5.74, 6) is 0.729. The Morgan fingerprint density at radius 1 is 0.953 bits per heavy atom. The van der Waals surface area contributed by atoms with Crippen molar-refractivity contribution in [3.05, 3.63) is 137 Å². The topological polar surface area (TPSA) is 117 Å². The van der Waals surface area contributed by atoms with Crippen molar-refractivity contribution < 1.29 is 23.7 Å². The third kappa shape index (κ3) is 5.69. The average Bonchev–Trinajstić information content (AvgIpc) is 3.03. The van der Waals surface area contributed by atoms with Crippen molar-refractivity contribution in [3.63, 3.8) is 0 Å². The zero-order valence-electron chi connectivity index (χ0n) is 23.3. The molecule has 4 aromatic carbocycles. The predicted molar refractivity (Wildman–Crippen MR) is 161 cm³/mol. The first-order valence-electron chi connectivity index (χ1n) is 13.8. The number of rotatable bonds is 8. The fraction of sp³-hybridized carbons (Fsp3) is 0.114. The number of nitrogens with zero attached hydrogens (tertiary/aromatic N) is 2. The molecule has 1 atom stereocenters. The molecule has 0 aliphatic carbocycles. The molecule has 2 N–H and O–H groups in total. The van der Waals surface area contributed by atoms with Crippen molar-refractivity contribution in [2.45, 2.75) is 19.4 Å². The first-order chi connectivity index (χ1) is 21.0. The number of esters is 1. The van der Waals surface area contributed by atoms with E-state index in [1.807, 2.05) is 67.6 Å². The molecule has 2 heterocycles. The average molecular weight is 570 g/mol. The zero-order chi connectivity index (χ0) is 29.8. The van der Waals surface area contributed by atoms with Crippen LogP contribution in [-0.2, 0) is 6.61 Å². The number of nitriles is 1. The SMILES string of the molecule is CCOc1cc(C2C(C#N)=C(N)Oc3cc(OC(=O)c4ccc5ncccc5c4)ccc32)ccc1OCc1ccccc1. The van der Waals surface area contributed by atoms with E-state index >= 15 is 0 Å². The van der Waals surface area contributed by atoms with E-state index in [-0.39, 0.29) is 17.2 Å². The quantitative estimate of drug-likeness (QED) is 0.163. The molecule has 0 fully saturated rings. The number of pyridine rings is 1. The summed E-state index contributed by atoms with van der Waals surface area (Å²) in [6.45, 7) is 2.71. The standard InChI is InChI=1S/C35H27N3O5/c1-2-40-32-18-24(11-15-30(32)41-21-22-7-4-3-5-8-22)33-27-13-12-26(19-31(27)43-34(37)28(33)20-36)42-35(39)25-10-14-29-23(17-25)9-6-16-38-29/h3-19,33H,2,21,37H2,1H3. The molecule has 0 saturated heterocycles. The van der Waals surface area contributed by atoms with Crippen molar-refractivity contribution in [1.82, 2.24) is 4.98 Å². The van der Waals surface area contributed by atoms with Gasteiger partial charge in [-0.15, -0.1) is 0 Å². The fourth-order valence-electron chi connectivity index (χ4n) is 5.04. The van der Waals surface area contributed by atoms with Gasteiger partial charge < -0.3 is 24.7 Å². The van der Waals surface area contributed by atoms with E-state index in [0.717, 1.165) is 22.0 Å². The number of carbonyl (C=O) groups is 1. The van der Waals surface area contributed by atoms with Crippen LogP contribution in [0, 0.1) is 11.3 Å². The summed E-state index contributed by atoms with van der Waals surface area (Å²) in [6, 6.07) is 31.6. The molecular weight excluding hydrogens is 542 g/mol. The number of hydrogen-bond donors (Lipinski definition) is 1. The van der Waals surface area contributed by atoms with Gasteiger partial charge in [-0.1, -0.05) is 48.5 Å². The van der Waals surface area contributed by atoms with E-state index in [1.54, 1.807) is 42.6 Å². The van der Waals surface area contributed by atoms with Gasteiger partial charge in [-0.2, -0.15) is 5.26 Å². The number of carbonyl (C=O) groups excluding carboxylic acids is 1. The summed E-state index contributed by atoms with van der Waals surface area (Å²) >= 11 is 0. The number of ether oxygens (including phenoxy) is 4. The first kappa shape index (κ1) is 27.4. The maximum absolute atomic E-state index is 13.0. The summed E-state index contributed by atoms with van der Waals surface area (Å²) in [4.78, 5) is 17.2. The van der Waals surface area contributed by atoms with Gasteiger partial charge in [-0.05, 0) is 60.5 Å². The molecule has 5 aromatic rings. The van der Waals surface area contributed by atoms with Crippen LogP contribution < -0.4 is 24.7 Å². The number of hydrogen-bond acceptors (Lipinski definition) is 8. The monoisotopic (exact) mass is 569 g/mol. The Hall–Kier alpha value is -5.81. The molecule has 0 amide bonds. The van der Waals surface area contributed by atoms with Crippen molar-refractivity contribution in [2.75, 3.05) is 6.61 Å². The molecule has 43 heavy (non-hydrogen) atoms. The molecule has 0 radical (unpaired) electrons. The molecule has 1 aromatic heterocycles. The van der Waals surface area contributed by atoms with Gasteiger partial charge in [0.1, 0.15) is 29.7 Å². The Morgan fingerprint density at radius 2 is 1.81 bits per heavy atom. The minimum Gasteiger partial charge on any atom is -0.490 e. The summed E-state index contributed by atoms with van der Waals surface area (Å²) in [5, 5.41) is 10.9. The second kappa shape index (κ2) is 12.0. The van der Waals surface area contributed by atoms with Gasteiger partial charge in [0, 0.05) is 23.2 Å². The Labute approximate surface area is 248 Å². The van der Waals surface area contributed by atoms with Crippen LogP contribution in [0.3, 0.4) is 0 Å². The lowest BCUT2D eigenvalue weighted by molar-refractivity contribution is 0.0734. The highest BCUT2D eigenvalue weighted by molar-refractivity contribution is 5.95. The number of fused-ring (bicyclic) bond motifs is 2. The number of allylic oxidation sites excluding steroid dienone is 1. The lowest BCUT2D eigenvalue weighted by atomic mass is 9.83. The molecule has 212 valence electrons. The minimum atomic E-state index is -0.533. The first-order valence-corrected chi connectivity index (χ1v) is 13.8. The number of aromatic nitrogens is 1. The molecule has 6 rings (SSSR count). The lowest BCUT2D eigenvalue weighted by Gasteiger charge is -2.27. The van der Waals surface area contributed by atoms with E-state index in [9.17, 15) is 10.1 Å². The molecule has 8 heteroatoms. The number of nitrogens with two attached hydrogens (primary N) is 1. The van der Waals surface area contributed by atoms with Crippen molar-refractivity contribution in [1.29, 1.82) is 5.26 Å². The van der Waals surface area contributed by atoms with Crippen LogP contribution in [0.2, 0.25) is 0 Å².